The van der Waals surface area contributed by atoms with Gasteiger partial charge in [0.15, 0.2) is 0 Å². The highest BCUT2D eigenvalue weighted by Crippen LogP contribution is 2.30. The number of halogens is 1. The Kier molecular flexibility index (Phi) is 4.60. The molecule has 82 valence electrons. The summed E-state index contributed by atoms with van der Waals surface area (Å²) in [5.41, 5.74) is 3.85. The van der Waals surface area contributed by atoms with Crippen molar-refractivity contribution in [3.05, 3.63) is 35.9 Å². The van der Waals surface area contributed by atoms with Gasteiger partial charge in [0.05, 0.1) is 6.61 Å². The van der Waals surface area contributed by atoms with Crippen molar-refractivity contribution in [3.8, 4) is 0 Å². The number of anilines is 1. The number of nitrogens with zero attached hydrogens (tertiary/aromatic N) is 1. The van der Waals surface area contributed by atoms with E-state index in [-0.39, 0.29) is 30.6 Å². The van der Waals surface area contributed by atoms with E-state index >= 15 is 0 Å². The number of allylic oxidation sites excluding steroid dienone is 1. The van der Waals surface area contributed by atoms with Crippen LogP contribution in [0.4, 0.5) is 5.69 Å². The van der Waals surface area contributed by atoms with Gasteiger partial charge in [0.2, 0.25) is 0 Å². The average Bonchev–Trinajstić information content (AvgIpc) is 2.23. The van der Waals surface area contributed by atoms with Crippen LogP contribution in [0.3, 0.4) is 0 Å². The quantitative estimate of drug-likeness (QED) is 0.848. The number of fused-ring (bicyclic) bond motifs is 1. The Labute approximate surface area is 108 Å². The van der Waals surface area contributed by atoms with Gasteiger partial charge >= 0.3 is 0 Å². The number of aliphatic hydroxyl groups is 1. The van der Waals surface area contributed by atoms with Gasteiger partial charge in [-0.2, -0.15) is 0 Å². The second-order valence-electron chi connectivity index (χ2n) is 3.57. The predicted molar refractivity (Wildman–Crippen MR) is 74.8 cm³/mol. The fourth-order valence-corrected chi connectivity index (χ4v) is 1.87. The molecule has 2 rings (SSSR count). The summed E-state index contributed by atoms with van der Waals surface area (Å²) in [6.07, 6.45) is 2.21. The van der Waals surface area contributed by atoms with Crippen LogP contribution in [0.25, 0.3) is 5.57 Å². The van der Waals surface area contributed by atoms with Crippen molar-refractivity contribution in [1.29, 1.82) is 0 Å². The molecule has 1 N–H and O–H groups in total. The highest BCUT2D eigenvalue weighted by Gasteiger charge is 2.14. The van der Waals surface area contributed by atoms with Gasteiger partial charge in [0.1, 0.15) is 0 Å². The van der Waals surface area contributed by atoms with Crippen molar-refractivity contribution in [2.45, 2.75) is 6.92 Å². The largest absolute Gasteiger partial charge is 0.395 e. The van der Waals surface area contributed by atoms with Crippen molar-refractivity contribution in [2.24, 2.45) is 0 Å². The second kappa shape index (κ2) is 5.51. The van der Waals surface area contributed by atoms with Crippen LogP contribution in [0.2, 0.25) is 0 Å². The summed E-state index contributed by atoms with van der Waals surface area (Å²) in [6.45, 7) is 3.96. The minimum absolute atomic E-state index is 0. The number of aliphatic hydroxyl groups excluding tert-OH is 1. The van der Waals surface area contributed by atoms with Crippen molar-refractivity contribution >= 4 is 35.2 Å². The zero-order chi connectivity index (χ0) is 9.97. The molecule has 0 amide bonds. The van der Waals surface area contributed by atoms with E-state index in [1.807, 2.05) is 6.07 Å². The average molecular weight is 317 g/mol. The molecule has 15 heavy (non-hydrogen) atoms. The monoisotopic (exact) mass is 317 g/mol. The first-order valence-corrected chi connectivity index (χ1v) is 4.95. The molecule has 1 aliphatic heterocycles. The van der Waals surface area contributed by atoms with E-state index in [4.69, 9.17) is 5.11 Å². The van der Waals surface area contributed by atoms with Crippen LogP contribution in [-0.2, 0) is 0 Å². The third kappa shape index (κ3) is 2.52. The maximum absolute atomic E-state index is 8.95. The number of hydrogen-bond acceptors (Lipinski definition) is 2. The minimum Gasteiger partial charge on any atom is -0.395 e. The molecular weight excluding hydrogens is 301 g/mol. The second-order valence-corrected chi connectivity index (χ2v) is 3.57. The summed E-state index contributed by atoms with van der Waals surface area (Å²) < 4.78 is 0. The first kappa shape index (κ1) is 12.5. The fraction of sp³-hybridized carbons (Fsp3) is 0.333. The van der Waals surface area contributed by atoms with Crippen LogP contribution in [0, 0.1) is 0 Å². The molecule has 0 aromatic heterocycles. The molecule has 0 atom stereocenters. The summed E-state index contributed by atoms with van der Waals surface area (Å²) in [5.74, 6) is 0. The van der Waals surface area contributed by atoms with Crippen molar-refractivity contribution < 1.29 is 5.11 Å². The van der Waals surface area contributed by atoms with Crippen molar-refractivity contribution in [1.82, 2.24) is 0 Å². The van der Waals surface area contributed by atoms with Crippen LogP contribution in [-0.4, -0.2) is 24.8 Å². The van der Waals surface area contributed by atoms with Crippen LogP contribution < -0.4 is 4.90 Å². The molecular formula is C12H16INO. The molecule has 1 aromatic carbocycles. The lowest BCUT2D eigenvalue weighted by Gasteiger charge is -2.29. The van der Waals surface area contributed by atoms with E-state index in [2.05, 4.69) is 36.1 Å². The third-order valence-electron chi connectivity index (χ3n) is 2.66. The van der Waals surface area contributed by atoms with Crippen molar-refractivity contribution in [2.75, 3.05) is 24.6 Å². The van der Waals surface area contributed by atoms with Crippen LogP contribution in [0.5, 0.6) is 0 Å². The lowest BCUT2D eigenvalue weighted by molar-refractivity contribution is 0.303. The van der Waals surface area contributed by atoms with E-state index in [0.717, 1.165) is 6.54 Å². The summed E-state index contributed by atoms with van der Waals surface area (Å²) in [6, 6.07) is 8.34. The topological polar surface area (TPSA) is 23.5 Å². The van der Waals surface area contributed by atoms with Gasteiger partial charge in [-0.05, 0) is 18.6 Å². The highest BCUT2D eigenvalue weighted by atomic mass is 127. The van der Waals surface area contributed by atoms with E-state index in [1.165, 1.54) is 16.8 Å². The number of benzene rings is 1. The molecule has 0 fully saturated rings. The molecule has 2 nitrogen and oxygen atoms in total. The lowest BCUT2D eigenvalue weighted by Crippen LogP contribution is -2.29. The van der Waals surface area contributed by atoms with Crippen molar-refractivity contribution in [3.63, 3.8) is 0 Å². The van der Waals surface area contributed by atoms with E-state index < -0.39 is 0 Å². The molecule has 0 spiro atoms. The fourth-order valence-electron chi connectivity index (χ4n) is 1.87. The van der Waals surface area contributed by atoms with Crippen LogP contribution >= 0.6 is 24.0 Å². The normalized spacial score (nSPS) is 14.0. The predicted octanol–water partition coefficient (Wildman–Crippen LogP) is 2.52. The van der Waals surface area contributed by atoms with E-state index in [1.54, 1.807) is 0 Å². The van der Waals surface area contributed by atoms with E-state index in [9.17, 15) is 0 Å². The molecule has 1 heterocycles. The maximum Gasteiger partial charge on any atom is 0.0606 e. The molecule has 0 aliphatic carbocycles. The molecule has 0 radical (unpaired) electrons. The zero-order valence-electron chi connectivity index (χ0n) is 8.81. The number of para-hydroxylation sites is 1. The van der Waals surface area contributed by atoms with Gasteiger partial charge in [-0.15, -0.1) is 24.0 Å². The van der Waals surface area contributed by atoms with Gasteiger partial charge in [-0.3, -0.25) is 0 Å². The third-order valence-corrected chi connectivity index (χ3v) is 2.66. The molecule has 0 unspecified atom stereocenters. The van der Waals surface area contributed by atoms with Gasteiger partial charge in [-0.1, -0.05) is 24.3 Å². The first-order valence-electron chi connectivity index (χ1n) is 4.95. The number of hydrogen-bond donors (Lipinski definition) is 1. The molecule has 3 heteroatoms. The van der Waals surface area contributed by atoms with Gasteiger partial charge < -0.3 is 10.0 Å². The molecule has 0 saturated heterocycles. The molecule has 1 aromatic rings. The standard InChI is InChI=1S/C12H15NO.HI/c1-10-6-7-13(8-9-14)12-5-3-2-4-11(10)12;/h2-6,14H,7-9H2,1H3;1H. The molecule has 0 saturated carbocycles. The molecule has 0 bridgehead atoms. The highest BCUT2D eigenvalue weighted by molar-refractivity contribution is 14.0. The summed E-state index contributed by atoms with van der Waals surface area (Å²) in [5, 5.41) is 8.95. The molecule has 1 aliphatic rings. The Hall–Kier alpha value is -0.550. The zero-order valence-corrected chi connectivity index (χ0v) is 11.1. The van der Waals surface area contributed by atoms with Gasteiger partial charge in [-0.25, -0.2) is 0 Å². The number of rotatable bonds is 2. The summed E-state index contributed by atoms with van der Waals surface area (Å²) in [4.78, 5) is 2.20. The number of β-amino-alcohol motifs (C(OH)–C–C–N with tert-alkyl or cyclic N) is 1. The maximum atomic E-state index is 8.95. The lowest BCUT2D eigenvalue weighted by atomic mass is 10.0. The SMILES string of the molecule is CC1=CCN(CCO)c2ccccc21.I. The Morgan fingerprint density at radius 2 is 2.07 bits per heavy atom. The first-order chi connectivity index (χ1) is 6.83. The smallest absolute Gasteiger partial charge is 0.0606 e. The minimum atomic E-state index is 0. The Balaban J connectivity index is 0.00000112. The Bertz CT molecular complexity index is 362. The summed E-state index contributed by atoms with van der Waals surface area (Å²) >= 11 is 0. The Morgan fingerprint density at radius 1 is 1.33 bits per heavy atom. The summed E-state index contributed by atoms with van der Waals surface area (Å²) in [7, 11) is 0. The van der Waals surface area contributed by atoms with E-state index in [0.29, 0.717) is 6.54 Å². The van der Waals surface area contributed by atoms with Crippen LogP contribution in [0.15, 0.2) is 30.3 Å². The van der Waals surface area contributed by atoms with Gasteiger partial charge in [0, 0.05) is 24.3 Å². The van der Waals surface area contributed by atoms with Crippen LogP contribution in [0.1, 0.15) is 12.5 Å². The Morgan fingerprint density at radius 3 is 2.80 bits per heavy atom. The van der Waals surface area contributed by atoms with Gasteiger partial charge in [0.25, 0.3) is 0 Å².